The molecule has 0 fully saturated rings. The maximum atomic E-state index is 13.5. The highest BCUT2D eigenvalue weighted by molar-refractivity contribution is 5.95. The second kappa shape index (κ2) is 8.94. The van der Waals surface area contributed by atoms with E-state index in [0.29, 0.717) is 17.7 Å². The highest BCUT2D eigenvalue weighted by Gasteiger charge is 2.08. The first kappa shape index (κ1) is 18.6. The van der Waals surface area contributed by atoms with E-state index in [1.54, 1.807) is 38.3 Å². The molecule has 0 unspecified atom stereocenters. The lowest BCUT2D eigenvalue weighted by Crippen LogP contribution is -2.34. The molecule has 0 radical (unpaired) electrons. The Hall–Kier alpha value is -2.73. The lowest BCUT2D eigenvalue weighted by atomic mass is 10.1. The first-order valence-electron chi connectivity index (χ1n) is 7.91. The van der Waals surface area contributed by atoms with E-state index < -0.39 is 5.82 Å². The number of aryl methyl sites for hydroxylation is 1. The number of methoxy groups -OCH3 is 1. The third kappa shape index (κ3) is 5.39. The summed E-state index contributed by atoms with van der Waals surface area (Å²) in [5.74, 6) is -1.02. The number of rotatable bonds is 7. The number of hydrogen-bond acceptors (Lipinski definition) is 3. The summed E-state index contributed by atoms with van der Waals surface area (Å²) in [4.78, 5) is 23.9. The number of hydrogen-bond donors (Lipinski definition) is 2. The van der Waals surface area contributed by atoms with E-state index in [-0.39, 0.29) is 30.5 Å². The number of ether oxygens (including phenoxy) is 1. The Labute approximate surface area is 146 Å². The maximum Gasteiger partial charge on any atom is 0.251 e. The Morgan fingerprint density at radius 2 is 1.52 bits per heavy atom. The molecule has 0 atom stereocenters. The predicted molar refractivity (Wildman–Crippen MR) is 93.0 cm³/mol. The molecule has 0 bridgehead atoms. The van der Waals surface area contributed by atoms with Crippen LogP contribution in [0.25, 0.3) is 0 Å². The maximum absolute atomic E-state index is 13.5. The fraction of sp³-hybridized carbons (Fsp3) is 0.263. The first-order chi connectivity index (χ1) is 12.0. The average molecular weight is 344 g/mol. The number of benzene rings is 2. The molecule has 2 aromatic rings. The van der Waals surface area contributed by atoms with Crippen LogP contribution in [0.15, 0.2) is 42.5 Å². The molecule has 0 aliphatic carbocycles. The molecule has 5 nitrogen and oxygen atoms in total. The number of carbonyl (C=O) groups is 2. The number of amides is 2. The van der Waals surface area contributed by atoms with Crippen LogP contribution in [0, 0.1) is 12.7 Å². The third-order valence-corrected chi connectivity index (χ3v) is 3.66. The van der Waals surface area contributed by atoms with Gasteiger partial charge in [0.1, 0.15) is 5.82 Å². The van der Waals surface area contributed by atoms with Gasteiger partial charge in [0.25, 0.3) is 11.8 Å². The van der Waals surface area contributed by atoms with Gasteiger partial charge in [-0.3, -0.25) is 9.59 Å². The minimum absolute atomic E-state index is 0.223. The van der Waals surface area contributed by atoms with E-state index in [0.717, 1.165) is 5.56 Å². The molecule has 2 amide bonds. The molecule has 0 saturated heterocycles. The zero-order valence-corrected chi connectivity index (χ0v) is 14.3. The van der Waals surface area contributed by atoms with Gasteiger partial charge in [0.05, 0.1) is 6.61 Å². The molecule has 0 spiro atoms. The van der Waals surface area contributed by atoms with Crippen molar-refractivity contribution in [2.45, 2.75) is 13.5 Å². The molecule has 0 heterocycles. The zero-order chi connectivity index (χ0) is 18.2. The summed E-state index contributed by atoms with van der Waals surface area (Å²) in [6, 6.07) is 11.4. The predicted octanol–water partition coefficient (Wildman–Crippen LogP) is 2.44. The van der Waals surface area contributed by atoms with Gasteiger partial charge in [-0.1, -0.05) is 18.2 Å². The van der Waals surface area contributed by atoms with E-state index in [9.17, 15) is 14.0 Å². The van der Waals surface area contributed by atoms with Crippen LogP contribution in [0.2, 0.25) is 0 Å². The van der Waals surface area contributed by atoms with Crippen LogP contribution in [0.1, 0.15) is 31.8 Å². The fourth-order valence-electron chi connectivity index (χ4n) is 2.21. The van der Waals surface area contributed by atoms with Crippen molar-refractivity contribution in [2.75, 3.05) is 20.2 Å². The molecule has 2 N–H and O–H groups in total. The van der Waals surface area contributed by atoms with Crippen LogP contribution in [0.3, 0.4) is 0 Å². The Morgan fingerprint density at radius 1 is 0.960 bits per heavy atom. The minimum atomic E-state index is -0.419. The molecule has 0 aromatic heterocycles. The summed E-state index contributed by atoms with van der Waals surface area (Å²) in [6.07, 6.45) is 0. The van der Waals surface area contributed by atoms with Gasteiger partial charge in [0.2, 0.25) is 0 Å². The molecular weight excluding hydrogens is 323 g/mol. The van der Waals surface area contributed by atoms with Gasteiger partial charge in [-0.25, -0.2) is 4.39 Å². The van der Waals surface area contributed by atoms with E-state index >= 15 is 0 Å². The van der Waals surface area contributed by atoms with Crippen LogP contribution in [-0.2, 0) is 11.3 Å². The second-order valence-electron chi connectivity index (χ2n) is 5.61. The molecular formula is C19H21FN2O3. The van der Waals surface area contributed by atoms with Crippen molar-refractivity contribution in [1.29, 1.82) is 0 Å². The van der Waals surface area contributed by atoms with E-state index in [1.807, 2.05) is 12.1 Å². The summed E-state index contributed by atoms with van der Waals surface area (Å²) < 4.78 is 18.5. The zero-order valence-electron chi connectivity index (χ0n) is 14.3. The summed E-state index contributed by atoms with van der Waals surface area (Å²) in [5.41, 5.74) is 2.26. The van der Waals surface area contributed by atoms with Gasteiger partial charge in [0, 0.05) is 31.3 Å². The van der Waals surface area contributed by atoms with Gasteiger partial charge in [-0.2, -0.15) is 0 Å². The summed E-state index contributed by atoms with van der Waals surface area (Å²) in [7, 11) is 1.61. The lowest BCUT2D eigenvalue weighted by molar-refractivity contribution is 0.0927. The second-order valence-corrected chi connectivity index (χ2v) is 5.61. The van der Waals surface area contributed by atoms with Gasteiger partial charge >= 0.3 is 0 Å². The number of nitrogens with one attached hydrogen (secondary N) is 2. The average Bonchev–Trinajstić information content (AvgIpc) is 2.61. The number of carbonyl (C=O) groups excluding carboxylic acids is 2. The monoisotopic (exact) mass is 344 g/mol. The van der Waals surface area contributed by atoms with Crippen LogP contribution < -0.4 is 10.6 Å². The topological polar surface area (TPSA) is 67.4 Å². The van der Waals surface area contributed by atoms with Crippen molar-refractivity contribution in [2.24, 2.45) is 0 Å². The first-order valence-corrected chi connectivity index (χ1v) is 7.91. The highest BCUT2D eigenvalue weighted by Crippen LogP contribution is 2.09. The summed E-state index contributed by atoms with van der Waals surface area (Å²) in [5, 5.41) is 5.36. The van der Waals surface area contributed by atoms with E-state index in [4.69, 9.17) is 4.74 Å². The lowest BCUT2D eigenvalue weighted by Gasteiger charge is -2.08. The smallest absolute Gasteiger partial charge is 0.251 e. The molecule has 0 aliphatic rings. The van der Waals surface area contributed by atoms with Crippen molar-refractivity contribution >= 4 is 11.8 Å². The van der Waals surface area contributed by atoms with Gasteiger partial charge in [0.15, 0.2) is 0 Å². The third-order valence-electron chi connectivity index (χ3n) is 3.66. The van der Waals surface area contributed by atoms with Crippen molar-refractivity contribution in [3.8, 4) is 0 Å². The van der Waals surface area contributed by atoms with Gasteiger partial charge in [-0.05, 0) is 42.3 Å². The normalized spacial score (nSPS) is 10.4. The van der Waals surface area contributed by atoms with Crippen LogP contribution in [-0.4, -0.2) is 32.0 Å². The van der Waals surface area contributed by atoms with Gasteiger partial charge in [-0.15, -0.1) is 0 Å². The standard InChI is InChI=1S/C19H21FN2O3/c1-13-3-6-16(11-17(13)20)19(24)22-10-9-21-18(23)15-7-4-14(5-8-15)12-25-2/h3-8,11H,9-10,12H2,1-2H3,(H,21,23)(H,22,24). The molecule has 132 valence electrons. The summed E-state index contributed by atoms with van der Waals surface area (Å²) >= 11 is 0. The van der Waals surface area contributed by atoms with Crippen molar-refractivity contribution in [1.82, 2.24) is 10.6 Å². The molecule has 2 aromatic carbocycles. The molecule has 0 saturated carbocycles. The van der Waals surface area contributed by atoms with Crippen LogP contribution >= 0.6 is 0 Å². The Morgan fingerprint density at radius 3 is 2.08 bits per heavy atom. The van der Waals surface area contributed by atoms with Crippen molar-refractivity contribution in [3.05, 3.63) is 70.5 Å². The molecule has 0 aliphatic heterocycles. The summed E-state index contributed by atoms with van der Waals surface area (Å²) in [6.45, 7) is 2.66. The fourth-order valence-corrected chi connectivity index (χ4v) is 2.21. The molecule has 6 heteroatoms. The number of halogens is 1. The minimum Gasteiger partial charge on any atom is -0.380 e. The SMILES string of the molecule is COCc1ccc(C(=O)NCCNC(=O)c2ccc(C)c(F)c2)cc1. The Kier molecular flexibility index (Phi) is 6.65. The quantitative estimate of drug-likeness (QED) is 0.758. The van der Waals surface area contributed by atoms with E-state index in [1.165, 1.54) is 6.07 Å². The Balaban J connectivity index is 1.77. The van der Waals surface area contributed by atoms with Crippen LogP contribution in [0.4, 0.5) is 4.39 Å². The highest BCUT2D eigenvalue weighted by atomic mass is 19.1. The van der Waals surface area contributed by atoms with Crippen molar-refractivity contribution in [3.63, 3.8) is 0 Å². The van der Waals surface area contributed by atoms with Crippen molar-refractivity contribution < 1.29 is 18.7 Å². The Bertz CT molecular complexity index is 745. The van der Waals surface area contributed by atoms with E-state index in [2.05, 4.69) is 10.6 Å². The molecule has 25 heavy (non-hydrogen) atoms. The van der Waals surface area contributed by atoms with Gasteiger partial charge < -0.3 is 15.4 Å². The van der Waals surface area contributed by atoms with Crippen LogP contribution in [0.5, 0.6) is 0 Å². The largest absolute Gasteiger partial charge is 0.380 e. The molecule has 2 rings (SSSR count).